The lowest BCUT2D eigenvalue weighted by atomic mass is 10.1. The molecule has 1 amide bonds. The number of hydrogen-bond acceptors (Lipinski definition) is 2. The number of carbonyl (C=O) groups excluding carboxylic acids is 1. The predicted octanol–water partition coefficient (Wildman–Crippen LogP) is 4.72. The summed E-state index contributed by atoms with van der Waals surface area (Å²) in [6, 6.07) is 4.11. The van der Waals surface area contributed by atoms with Gasteiger partial charge in [0.15, 0.2) is 0 Å². The van der Waals surface area contributed by atoms with Crippen molar-refractivity contribution in [1.29, 1.82) is 0 Å². The van der Waals surface area contributed by atoms with Gasteiger partial charge in [-0.3, -0.25) is 9.78 Å². The van der Waals surface area contributed by atoms with E-state index in [9.17, 15) is 4.79 Å². The second-order valence-electron chi connectivity index (χ2n) is 7.31. The first kappa shape index (κ1) is 19.7. The molecular weight excluding hydrogens is 284 g/mol. The third kappa shape index (κ3) is 9.37. The van der Waals surface area contributed by atoms with Crippen molar-refractivity contribution in [3.8, 4) is 0 Å². The number of aromatic nitrogens is 1. The standard InChI is InChI=1S/C20H34N2O/c1-17(2)11-15-22(16-12-18(3)4)20(23)8-6-5-7-19-9-13-21-14-10-19/h9-10,13-14,17-18H,5-8,11-12,15-16H2,1-4H3. The molecule has 0 aliphatic carbocycles. The Morgan fingerprint density at radius 2 is 1.57 bits per heavy atom. The zero-order chi connectivity index (χ0) is 17.1. The first-order valence-corrected chi connectivity index (χ1v) is 9.15. The average molecular weight is 319 g/mol. The van der Waals surface area contributed by atoms with E-state index in [2.05, 4.69) is 49.7 Å². The molecule has 0 N–H and O–H groups in total. The van der Waals surface area contributed by atoms with Crippen LogP contribution in [0.3, 0.4) is 0 Å². The molecule has 1 aromatic rings. The highest BCUT2D eigenvalue weighted by Crippen LogP contribution is 2.11. The number of unbranched alkanes of at least 4 members (excludes halogenated alkanes) is 1. The molecule has 0 saturated carbocycles. The maximum Gasteiger partial charge on any atom is 0.222 e. The van der Waals surface area contributed by atoms with Crippen LogP contribution < -0.4 is 0 Å². The number of pyridine rings is 1. The lowest BCUT2D eigenvalue weighted by Gasteiger charge is -2.24. The molecule has 3 nitrogen and oxygen atoms in total. The molecule has 0 unspecified atom stereocenters. The summed E-state index contributed by atoms with van der Waals surface area (Å²) in [7, 11) is 0. The van der Waals surface area contributed by atoms with Crippen LogP contribution in [-0.4, -0.2) is 28.9 Å². The van der Waals surface area contributed by atoms with Crippen LogP contribution in [0.15, 0.2) is 24.5 Å². The fraction of sp³-hybridized carbons (Fsp3) is 0.700. The maximum atomic E-state index is 12.5. The Morgan fingerprint density at radius 1 is 1.00 bits per heavy atom. The third-order valence-corrected chi connectivity index (χ3v) is 4.16. The van der Waals surface area contributed by atoms with Crippen LogP contribution in [0.1, 0.15) is 65.4 Å². The van der Waals surface area contributed by atoms with Crippen molar-refractivity contribution in [2.75, 3.05) is 13.1 Å². The van der Waals surface area contributed by atoms with Crippen LogP contribution in [-0.2, 0) is 11.2 Å². The van der Waals surface area contributed by atoms with Crippen molar-refractivity contribution in [3.05, 3.63) is 30.1 Å². The molecule has 0 atom stereocenters. The van der Waals surface area contributed by atoms with Gasteiger partial charge >= 0.3 is 0 Å². The normalized spacial score (nSPS) is 11.2. The molecule has 0 radical (unpaired) electrons. The quantitative estimate of drug-likeness (QED) is 0.553. The van der Waals surface area contributed by atoms with E-state index in [1.807, 2.05) is 12.4 Å². The number of hydrogen-bond donors (Lipinski definition) is 0. The Labute approximate surface area is 142 Å². The second kappa shape index (κ2) is 11.2. The van der Waals surface area contributed by atoms with Crippen molar-refractivity contribution in [2.24, 2.45) is 11.8 Å². The Bertz CT molecular complexity index is 417. The zero-order valence-corrected chi connectivity index (χ0v) is 15.4. The molecule has 1 heterocycles. The molecule has 1 rings (SSSR count). The topological polar surface area (TPSA) is 33.2 Å². The van der Waals surface area contributed by atoms with Crippen molar-refractivity contribution in [3.63, 3.8) is 0 Å². The largest absolute Gasteiger partial charge is 0.343 e. The molecule has 3 heteroatoms. The third-order valence-electron chi connectivity index (χ3n) is 4.16. The second-order valence-corrected chi connectivity index (χ2v) is 7.31. The van der Waals surface area contributed by atoms with Crippen LogP contribution in [0, 0.1) is 11.8 Å². The number of nitrogens with zero attached hydrogens (tertiary/aromatic N) is 2. The molecule has 0 aliphatic heterocycles. The van der Waals surface area contributed by atoms with Gasteiger partial charge in [-0.1, -0.05) is 27.7 Å². The molecule has 130 valence electrons. The monoisotopic (exact) mass is 318 g/mol. The number of carbonyl (C=O) groups is 1. The van der Waals surface area contributed by atoms with Gasteiger partial charge in [0.2, 0.25) is 5.91 Å². The van der Waals surface area contributed by atoms with E-state index >= 15 is 0 Å². The lowest BCUT2D eigenvalue weighted by Crippen LogP contribution is -2.34. The van der Waals surface area contributed by atoms with Crippen molar-refractivity contribution in [1.82, 2.24) is 9.88 Å². The van der Waals surface area contributed by atoms with E-state index in [1.165, 1.54) is 5.56 Å². The van der Waals surface area contributed by atoms with Crippen molar-refractivity contribution < 1.29 is 4.79 Å². The van der Waals surface area contributed by atoms with Gasteiger partial charge in [0.1, 0.15) is 0 Å². The molecule has 0 fully saturated rings. The van der Waals surface area contributed by atoms with E-state index in [1.54, 1.807) is 0 Å². The van der Waals surface area contributed by atoms with E-state index in [0.29, 0.717) is 24.2 Å². The molecule has 0 spiro atoms. The smallest absolute Gasteiger partial charge is 0.222 e. The Morgan fingerprint density at radius 3 is 2.09 bits per heavy atom. The van der Waals surface area contributed by atoms with Crippen molar-refractivity contribution in [2.45, 2.75) is 66.2 Å². The fourth-order valence-electron chi connectivity index (χ4n) is 2.50. The summed E-state index contributed by atoms with van der Waals surface area (Å²) < 4.78 is 0. The van der Waals surface area contributed by atoms with Crippen molar-refractivity contribution >= 4 is 5.91 Å². The van der Waals surface area contributed by atoms with Crippen LogP contribution in [0.4, 0.5) is 0 Å². The summed E-state index contributed by atoms with van der Waals surface area (Å²) in [5.74, 6) is 1.63. The first-order chi connectivity index (χ1) is 11.0. The molecule has 0 saturated heterocycles. The highest BCUT2D eigenvalue weighted by molar-refractivity contribution is 5.76. The number of amides is 1. The van der Waals surface area contributed by atoms with E-state index in [0.717, 1.165) is 45.2 Å². The minimum Gasteiger partial charge on any atom is -0.343 e. The summed E-state index contributed by atoms with van der Waals surface area (Å²) in [4.78, 5) is 18.6. The van der Waals surface area contributed by atoms with Crippen LogP contribution >= 0.6 is 0 Å². The van der Waals surface area contributed by atoms with E-state index < -0.39 is 0 Å². The van der Waals surface area contributed by atoms with Gasteiger partial charge in [-0.05, 0) is 61.6 Å². The average Bonchev–Trinajstić information content (AvgIpc) is 2.52. The summed E-state index contributed by atoms with van der Waals surface area (Å²) in [5.41, 5.74) is 1.31. The minimum atomic E-state index is 0.334. The lowest BCUT2D eigenvalue weighted by molar-refractivity contribution is -0.131. The Balaban J connectivity index is 2.33. The molecule has 0 bridgehead atoms. The summed E-state index contributed by atoms with van der Waals surface area (Å²) in [5, 5.41) is 0. The molecule has 23 heavy (non-hydrogen) atoms. The number of rotatable bonds is 11. The van der Waals surface area contributed by atoms with Crippen LogP contribution in [0.5, 0.6) is 0 Å². The number of aryl methyl sites for hydroxylation is 1. The highest BCUT2D eigenvalue weighted by Gasteiger charge is 2.14. The van der Waals surface area contributed by atoms with Gasteiger partial charge in [0.25, 0.3) is 0 Å². The van der Waals surface area contributed by atoms with Gasteiger partial charge in [-0.25, -0.2) is 0 Å². The highest BCUT2D eigenvalue weighted by atomic mass is 16.2. The Kier molecular flexibility index (Phi) is 9.58. The first-order valence-electron chi connectivity index (χ1n) is 9.15. The predicted molar refractivity (Wildman–Crippen MR) is 97.3 cm³/mol. The molecule has 1 aromatic heterocycles. The van der Waals surface area contributed by atoms with Gasteiger partial charge < -0.3 is 4.90 Å². The molecule has 0 aliphatic rings. The minimum absolute atomic E-state index is 0.334. The van der Waals surface area contributed by atoms with Gasteiger partial charge in [-0.15, -0.1) is 0 Å². The maximum absolute atomic E-state index is 12.5. The van der Waals surface area contributed by atoms with Gasteiger partial charge in [0.05, 0.1) is 0 Å². The van der Waals surface area contributed by atoms with Gasteiger partial charge in [-0.2, -0.15) is 0 Å². The van der Waals surface area contributed by atoms with Crippen LogP contribution in [0.25, 0.3) is 0 Å². The van der Waals surface area contributed by atoms with E-state index in [-0.39, 0.29) is 0 Å². The molecule has 0 aromatic carbocycles. The summed E-state index contributed by atoms with van der Waals surface area (Å²) in [6.07, 6.45) is 9.62. The Hall–Kier alpha value is -1.38. The molecular formula is C20H34N2O. The SMILES string of the molecule is CC(C)CCN(CCC(C)C)C(=O)CCCCc1ccncc1. The zero-order valence-electron chi connectivity index (χ0n) is 15.4. The summed E-state index contributed by atoms with van der Waals surface area (Å²) in [6.45, 7) is 10.7. The van der Waals surface area contributed by atoms with Crippen LogP contribution in [0.2, 0.25) is 0 Å². The van der Waals surface area contributed by atoms with E-state index in [4.69, 9.17) is 0 Å². The van der Waals surface area contributed by atoms with Gasteiger partial charge in [0, 0.05) is 31.9 Å². The summed E-state index contributed by atoms with van der Waals surface area (Å²) >= 11 is 0. The fourth-order valence-corrected chi connectivity index (χ4v) is 2.50.